The zero-order chi connectivity index (χ0) is 18.3. The molecule has 1 atom stereocenters. The highest BCUT2D eigenvalue weighted by Gasteiger charge is 2.20. The summed E-state index contributed by atoms with van der Waals surface area (Å²) in [7, 11) is 1.77. The number of amides is 1. The van der Waals surface area contributed by atoms with Crippen LogP contribution in [-0.2, 0) is 20.1 Å². The summed E-state index contributed by atoms with van der Waals surface area (Å²) in [5, 5.41) is 14.8. The van der Waals surface area contributed by atoms with Gasteiger partial charge in [0.05, 0.1) is 17.9 Å². The molecule has 2 N–H and O–H groups in total. The van der Waals surface area contributed by atoms with Gasteiger partial charge in [0.1, 0.15) is 5.82 Å². The van der Waals surface area contributed by atoms with Crippen LogP contribution in [0.25, 0.3) is 11.3 Å². The van der Waals surface area contributed by atoms with Gasteiger partial charge in [0.15, 0.2) is 11.5 Å². The Kier molecular flexibility index (Phi) is 4.04. The van der Waals surface area contributed by atoms with Gasteiger partial charge in [0, 0.05) is 31.3 Å². The molecule has 0 aliphatic carbocycles. The van der Waals surface area contributed by atoms with Crippen LogP contribution in [0.5, 0.6) is 0 Å². The molecule has 1 aliphatic heterocycles. The van der Waals surface area contributed by atoms with Crippen molar-refractivity contribution in [2.24, 2.45) is 7.05 Å². The molecule has 0 saturated heterocycles. The molecule has 4 rings (SSSR count). The summed E-state index contributed by atoms with van der Waals surface area (Å²) in [6.45, 7) is 3.51. The first-order valence-corrected chi connectivity index (χ1v) is 8.41. The quantitative estimate of drug-likeness (QED) is 0.756. The molecule has 1 aliphatic rings. The number of halogens is 1. The number of rotatable bonds is 3. The van der Waals surface area contributed by atoms with E-state index in [0.717, 1.165) is 23.5 Å². The molecule has 0 bridgehead atoms. The van der Waals surface area contributed by atoms with E-state index >= 15 is 0 Å². The van der Waals surface area contributed by atoms with Gasteiger partial charge < -0.3 is 10.6 Å². The molecular weight excluding hydrogens is 335 g/mol. The highest BCUT2D eigenvalue weighted by molar-refractivity contribution is 6.02. The fourth-order valence-electron chi connectivity index (χ4n) is 3.07. The Morgan fingerprint density at radius 2 is 2.04 bits per heavy atom. The zero-order valence-electron chi connectivity index (χ0n) is 14.5. The molecule has 0 saturated carbocycles. The van der Waals surface area contributed by atoms with Crippen molar-refractivity contribution in [1.29, 1.82) is 0 Å². The van der Waals surface area contributed by atoms with E-state index < -0.39 is 0 Å². The number of fused-ring (bicyclic) bond motifs is 1. The molecule has 0 fully saturated rings. The summed E-state index contributed by atoms with van der Waals surface area (Å²) in [4.78, 5) is 12.5. The van der Waals surface area contributed by atoms with Crippen molar-refractivity contribution < 1.29 is 9.18 Å². The topological polar surface area (TPSA) is 76.8 Å². The molecule has 0 spiro atoms. The van der Waals surface area contributed by atoms with Gasteiger partial charge in [-0.15, -0.1) is 0 Å². The SMILES string of the molecule is CC1Cn2nc(C(=O)Nc3cc(-c4ccc(F)cc4)n(C)n3)cc2CN1. The molecule has 1 unspecified atom stereocenters. The molecule has 7 nitrogen and oxygen atoms in total. The van der Waals surface area contributed by atoms with Crippen LogP contribution in [-0.4, -0.2) is 31.5 Å². The number of nitrogens with one attached hydrogen (secondary N) is 2. The molecule has 1 aromatic carbocycles. The van der Waals surface area contributed by atoms with Crippen molar-refractivity contribution in [3.05, 3.63) is 53.6 Å². The van der Waals surface area contributed by atoms with Gasteiger partial charge in [-0.3, -0.25) is 14.2 Å². The third kappa shape index (κ3) is 3.11. The van der Waals surface area contributed by atoms with E-state index in [1.165, 1.54) is 12.1 Å². The maximum absolute atomic E-state index is 13.1. The lowest BCUT2D eigenvalue weighted by Crippen LogP contribution is -2.36. The largest absolute Gasteiger partial charge is 0.307 e. The third-order valence-corrected chi connectivity index (χ3v) is 4.44. The van der Waals surface area contributed by atoms with Gasteiger partial charge in [0.2, 0.25) is 0 Å². The van der Waals surface area contributed by atoms with E-state index in [1.807, 2.05) is 4.68 Å². The van der Waals surface area contributed by atoms with Gasteiger partial charge in [-0.25, -0.2) is 4.39 Å². The average Bonchev–Trinajstić information content (AvgIpc) is 3.18. The summed E-state index contributed by atoms with van der Waals surface area (Å²) in [6.07, 6.45) is 0. The smallest absolute Gasteiger partial charge is 0.277 e. The minimum absolute atomic E-state index is 0.294. The van der Waals surface area contributed by atoms with Crippen LogP contribution in [0, 0.1) is 5.82 Å². The summed E-state index contributed by atoms with van der Waals surface area (Å²) < 4.78 is 16.6. The molecular formula is C18H19FN6O. The number of nitrogens with zero attached hydrogens (tertiary/aromatic N) is 4. The number of hydrogen-bond acceptors (Lipinski definition) is 4. The van der Waals surface area contributed by atoms with Crippen molar-refractivity contribution in [3.8, 4) is 11.3 Å². The number of benzene rings is 1. The summed E-state index contributed by atoms with van der Waals surface area (Å²) in [6, 6.07) is 10.0. The van der Waals surface area contributed by atoms with Crippen LogP contribution in [0.4, 0.5) is 10.2 Å². The first kappa shape index (κ1) is 16.5. The Balaban J connectivity index is 1.53. The van der Waals surface area contributed by atoms with E-state index in [9.17, 15) is 9.18 Å². The van der Waals surface area contributed by atoms with Gasteiger partial charge in [-0.05, 0) is 37.3 Å². The van der Waals surface area contributed by atoms with Crippen LogP contribution < -0.4 is 10.6 Å². The lowest BCUT2D eigenvalue weighted by molar-refractivity contribution is 0.102. The Morgan fingerprint density at radius 3 is 2.81 bits per heavy atom. The Hall–Kier alpha value is -3.00. The highest BCUT2D eigenvalue weighted by atomic mass is 19.1. The molecule has 26 heavy (non-hydrogen) atoms. The Morgan fingerprint density at radius 1 is 1.27 bits per heavy atom. The van der Waals surface area contributed by atoms with Gasteiger partial charge >= 0.3 is 0 Å². The summed E-state index contributed by atoms with van der Waals surface area (Å²) in [5.41, 5.74) is 2.95. The van der Waals surface area contributed by atoms with E-state index in [-0.39, 0.29) is 11.7 Å². The maximum atomic E-state index is 13.1. The minimum Gasteiger partial charge on any atom is -0.307 e. The van der Waals surface area contributed by atoms with Crippen LogP contribution in [0.1, 0.15) is 23.1 Å². The van der Waals surface area contributed by atoms with Crippen LogP contribution in [0.3, 0.4) is 0 Å². The van der Waals surface area contributed by atoms with E-state index in [1.54, 1.807) is 36.0 Å². The molecule has 0 radical (unpaired) electrons. The number of aryl methyl sites for hydroxylation is 1. The first-order valence-electron chi connectivity index (χ1n) is 8.41. The minimum atomic E-state index is -0.302. The lowest BCUT2D eigenvalue weighted by atomic mass is 10.1. The van der Waals surface area contributed by atoms with Crippen LogP contribution in [0.15, 0.2) is 36.4 Å². The van der Waals surface area contributed by atoms with Crippen LogP contribution in [0.2, 0.25) is 0 Å². The molecule has 134 valence electrons. The molecule has 8 heteroatoms. The normalized spacial score (nSPS) is 16.3. The fraction of sp³-hybridized carbons (Fsp3) is 0.278. The third-order valence-electron chi connectivity index (χ3n) is 4.44. The molecule has 2 aromatic heterocycles. The van der Waals surface area contributed by atoms with E-state index in [2.05, 4.69) is 27.8 Å². The van der Waals surface area contributed by atoms with Gasteiger partial charge in [-0.1, -0.05) is 0 Å². The van der Waals surface area contributed by atoms with Crippen molar-refractivity contribution >= 4 is 11.7 Å². The number of hydrogen-bond donors (Lipinski definition) is 2. The Bertz CT molecular complexity index is 959. The Labute approximate surface area is 149 Å². The highest BCUT2D eigenvalue weighted by Crippen LogP contribution is 2.22. The standard InChI is InChI=1S/C18H19FN6O/c1-11-10-25-14(9-20-11)7-15(22-25)18(26)21-17-8-16(24(2)23-17)12-3-5-13(19)6-4-12/h3-8,11,20H,9-10H2,1-2H3,(H,21,23,26). The second-order valence-corrected chi connectivity index (χ2v) is 6.48. The molecule has 1 amide bonds. The van der Waals surface area contributed by atoms with Crippen molar-refractivity contribution in [2.45, 2.75) is 26.1 Å². The number of carbonyl (C=O) groups is 1. The van der Waals surface area contributed by atoms with E-state index in [0.29, 0.717) is 24.1 Å². The predicted molar refractivity (Wildman–Crippen MR) is 95.1 cm³/mol. The molecule has 3 heterocycles. The predicted octanol–water partition coefficient (Wildman–Crippen LogP) is 2.17. The van der Waals surface area contributed by atoms with Crippen molar-refractivity contribution in [1.82, 2.24) is 24.9 Å². The first-order chi connectivity index (χ1) is 12.5. The zero-order valence-corrected chi connectivity index (χ0v) is 14.5. The molecule has 3 aromatic rings. The van der Waals surface area contributed by atoms with Crippen molar-refractivity contribution in [2.75, 3.05) is 5.32 Å². The van der Waals surface area contributed by atoms with E-state index in [4.69, 9.17) is 0 Å². The van der Waals surface area contributed by atoms with Crippen molar-refractivity contribution in [3.63, 3.8) is 0 Å². The summed E-state index contributed by atoms with van der Waals surface area (Å²) in [5.74, 6) is -0.172. The average molecular weight is 354 g/mol. The fourth-order valence-corrected chi connectivity index (χ4v) is 3.07. The maximum Gasteiger partial charge on any atom is 0.277 e. The number of carbonyl (C=O) groups excluding carboxylic acids is 1. The number of aromatic nitrogens is 4. The number of anilines is 1. The second kappa shape index (κ2) is 6.38. The summed E-state index contributed by atoms with van der Waals surface area (Å²) >= 11 is 0. The lowest BCUT2D eigenvalue weighted by Gasteiger charge is -2.21. The van der Waals surface area contributed by atoms with Crippen LogP contribution >= 0.6 is 0 Å². The monoisotopic (exact) mass is 354 g/mol. The second-order valence-electron chi connectivity index (χ2n) is 6.48. The van der Waals surface area contributed by atoms with Gasteiger partial charge in [-0.2, -0.15) is 10.2 Å². The van der Waals surface area contributed by atoms with Gasteiger partial charge in [0.25, 0.3) is 5.91 Å².